The Kier molecular flexibility index (Phi) is 3.69. The summed E-state index contributed by atoms with van der Waals surface area (Å²) < 4.78 is 0. The number of rotatable bonds is 2. The summed E-state index contributed by atoms with van der Waals surface area (Å²) >= 11 is 1.79. The van der Waals surface area contributed by atoms with Crippen molar-refractivity contribution in [3.8, 4) is 21.6 Å². The van der Waals surface area contributed by atoms with Crippen LogP contribution in [0.2, 0.25) is 0 Å². The third-order valence-electron chi connectivity index (χ3n) is 3.75. The third kappa shape index (κ3) is 3.08. The molecule has 106 valence electrons. The molecule has 0 aliphatic carbocycles. The molecule has 3 aromatic rings. The average Bonchev–Trinajstić information content (AvgIpc) is 3.01. The SMILES string of the molecule is CC(C)(C)c1ccc(-c2cccc(-c3cccs3)c2)cc1. The van der Waals surface area contributed by atoms with Crippen LogP contribution in [0.25, 0.3) is 21.6 Å². The van der Waals surface area contributed by atoms with Gasteiger partial charge in [0, 0.05) is 4.88 Å². The van der Waals surface area contributed by atoms with Gasteiger partial charge in [-0.1, -0.05) is 69.3 Å². The van der Waals surface area contributed by atoms with E-state index < -0.39 is 0 Å². The predicted molar refractivity (Wildman–Crippen MR) is 93.9 cm³/mol. The van der Waals surface area contributed by atoms with Crippen molar-refractivity contribution in [2.24, 2.45) is 0 Å². The van der Waals surface area contributed by atoms with Gasteiger partial charge in [-0.05, 0) is 45.2 Å². The van der Waals surface area contributed by atoms with Crippen molar-refractivity contribution in [1.29, 1.82) is 0 Å². The summed E-state index contributed by atoms with van der Waals surface area (Å²) in [7, 11) is 0. The first-order valence-electron chi connectivity index (χ1n) is 7.29. The van der Waals surface area contributed by atoms with E-state index in [0.717, 1.165) is 0 Å². The second-order valence-electron chi connectivity index (χ2n) is 6.39. The van der Waals surface area contributed by atoms with Crippen LogP contribution >= 0.6 is 11.3 Å². The van der Waals surface area contributed by atoms with Gasteiger partial charge >= 0.3 is 0 Å². The van der Waals surface area contributed by atoms with Crippen molar-refractivity contribution in [3.05, 3.63) is 71.6 Å². The number of thiophene rings is 1. The maximum Gasteiger partial charge on any atom is 0.0342 e. The van der Waals surface area contributed by atoms with Crippen LogP contribution in [-0.2, 0) is 5.41 Å². The summed E-state index contributed by atoms with van der Waals surface area (Å²) in [6.07, 6.45) is 0. The van der Waals surface area contributed by atoms with Crippen molar-refractivity contribution >= 4 is 11.3 Å². The molecule has 0 N–H and O–H groups in total. The van der Waals surface area contributed by atoms with Crippen molar-refractivity contribution < 1.29 is 0 Å². The highest BCUT2D eigenvalue weighted by molar-refractivity contribution is 7.13. The third-order valence-corrected chi connectivity index (χ3v) is 4.67. The van der Waals surface area contributed by atoms with Crippen LogP contribution in [0.5, 0.6) is 0 Å². The molecule has 0 aliphatic rings. The smallest absolute Gasteiger partial charge is 0.0342 e. The molecule has 0 atom stereocenters. The van der Waals surface area contributed by atoms with E-state index in [1.807, 2.05) is 0 Å². The Morgan fingerprint density at radius 3 is 2.05 bits per heavy atom. The van der Waals surface area contributed by atoms with E-state index in [0.29, 0.717) is 0 Å². The number of hydrogen-bond donors (Lipinski definition) is 0. The van der Waals surface area contributed by atoms with E-state index >= 15 is 0 Å². The van der Waals surface area contributed by atoms with Gasteiger partial charge in [-0.3, -0.25) is 0 Å². The number of hydrogen-bond acceptors (Lipinski definition) is 1. The minimum atomic E-state index is 0.206. The fourth-order valence-electron chi connectivity index (χ4n) is 2.46. The molecule has 0 saturated carbocycles. The first kappa shape index (κ1) is 14.1. The molecule has 0 aliphatic heterocycles. The fourth-order valence-corrected chi connectivity index (χ4v) is 3.18. The van der Waals surface area contributed by atoms with Gasteiger partial charge in [0.15, 0.2) is 0 Å². The second-order valence-corrected chi connectivity index (χ2v) is 7.33. The Morgan fingerprint density at radius 1 is 0.714 bits per heavy atom. The zero-order valence-corrected chi connectivity index (χ0v) is 13.6. The van der Waals surface area contributed by atoms with Crippen LogP contribution in [0.15, 0.2) is 66.0 Å². The molecule has 1 heteroatoms. The summed E-state index contributed by atoms with van der Waals surface area (Å²) in [5.41, 5.74) is 5.43. The first-order valence-corrected chi connectivity index (χ1v) is 8.17. The molecule has 0 spiro atoms. The van der Waals surface area contributed by atoms with E-state index in [9.17, 15) is 0 Å². The monoisotopic (exact) mass is 292 g/mol. The second kappa shape index (κ2) is 5.50. The molecule has 3 rings (SSSR count). The van der Waals surface area contributed by atoms with Gasteiger partial charge in [0.1, 0.15) is 0 Å². The van der Waals surface area contributed by atoms with Crippen LogP contribution in [0.4, 0.5) is 0 Å². The highest BCUT2D eigenvalue weighted by Crippen LogP contribution is 2.30. The lowest BCUT2D eigenvalue weighted by molar-refractivity contribution is 0.590. The highest BCUT2D eigenvalue weighted by atomic mass is 32.1. The van der Waals surface area contributed by atoms with E-state index in [1.165, 1.54) is 27.1 Å². The Labute approximate surface area is 131 Å². The summed E-state index contributed by atoms with van der Waals surface area (Å²) in [4.78, 5) is 1.32. The predicted octanol–water partition coefficient (Wildman–Crippen LogP) is 6.38. The van der Waals surface area contributed by atoms with E-state index in [-0.39, 0.29) is 5.41 Å². The van der Waals surface area contributed by atoms with Crippen LogP contribution in [-0.4, -0.2) is 0 Å². The Morgan fingerprint density at radius 2 is 1.43 bits per heavy atom. The zero-order valence-electron chi connectivity index (χ0n) is 12.8. The molecule has 0 saturated heterocycles. The minimum Gasteiger partial charge on any atom is -0.144 e. The van der Waals surface area contributed by atoms with Crippen molar-refractivity contribution in [3.63, 3.8) is 0 Å². The maximum atomic E-state index is 2.28. The maximum absolute atomic E-state index is 2.28. The van der Waals surface area contributed by atoms with E-state index in [1.54, 1.807) is 11.3 Å². The summed E-state index contributed by atoms with van der Waals surface area (Å²) in [6, 6.07) is 22.0. The van der Waals surface area contributed by atoms with E-state index in [4.69, 9.17) is 0 Å². The van der Waals surface area contributed by atoms with Gasteiger partial charge in [0.25, 0.3) is 0 Å². The van der Waals surface area contributed by atoms with Gasteiger partial charge in [0.05, 0.1) is 0 Å². The Hall–Kier alpha value is -1.86. The summed E-state index contributed by atoms with van der Waals surface area (Å²) in [5.74, 6) is 0. The lowest BCUT2D eigenvalue weighted by Gasteiger charge is -2.19. The molecular formula is C20H20S. The first-order chi connectivity index (χ1) is 10.0. The average molecular weight is 292 g/mol. The molecule has 1 aromatic heterocycles. The van der Waals surface area contributed by atoms with Crippen LogP contribution < -0.4 is 0 Å². The van der Waals surface area contributed by atoms with Crippen molar-refractivity contribution in [2.75, 3.05) is 0 Å². The summed E-state index contributed by atoms with van der Waals surface area (Å²) in [6.45, 7) is 6.75. The van der Waals surface area contributed by atoms with Crippen molar-refractivity contribution in [2.45, 2.75) is 26.2 Å². The molecule has 0 fully saturated rings. The lowest BCUT2D eigenvalue weighted by Crippen LogP contribution is -2.10. The molecule has 0 nitrogen and oxygen atoms in total. The molecule has 21 heavy (non-hydrogen) atoms. The standard InChI is InChI=1S/C20H20S/c1-20(2,3)18-11-9-15(10-12-18)16-6-4-7-17(14-16)19-8-5-13-21-19/h4-14H,1-3H3. The molecule has 0 unspecified atom stereocenters. The molecule has 1 heterocycles. The lowest BCUT2D eigenvalue weighted by atomic mass is 9.86. The van der Waals surface area contributed by atoms with Crippen LogP contribution in [0, 0.1) is 0 Å². The fraction of sp³-hybridized carbons (Fsp3) is 0.200. The molecule has 0 radical (unpaired) electrons. The van der Waals surface area contributed by atoms with Gasteiger partial charge in [-0.2, -0.15) is 0 Å². The van der Waals surface area contributed by atoms with Crippen molar-refractivity contribution in [1.82, 2.24) is 0 Å². The molecular weight excluding hydrogens is 272 g/mol. The Bertz CT molecular complexity index is 713. The largest absolute Gasteiger partial charge is 0.144 e. The van der Waals surface area contributed by atoms with Gasteiger partial charge in [-0.25, -0.2) is 0 Å². The molecule has 0 bridgehead atoms. The number of benzene rings is 2. The van der Waals surface area contributed by atoms with E-state index in [2.05, 4.69) is 86.8 Å². The molecule has 2 aromatic carbocycles. The highest BCUT2D eigenvalue weighted by Gasteiger charge is 2.13. The van der Waals surface area contributed by atoms with Crippen LogP contribution in [0.3, 0.4) is 0 Å². The Balaban J connectivity index is 1.96. The normalized spacial score (nSPS) is 11.6. The topological polar surface area (TPSA) is 0 Å². The quantitative estimate of drug-likeness (QED) is 0.514. The van der Waals surface area contributed by atoms with Crippen LogP contribution in [0.1, 0.15) is 26.3 Å². The van der Waals surface area contributed by atoms with Gasteiger partial charge < -0.3 is 0 Å². The van der Waals surface area contributed by atoms with Gasteiger partial charge in [-0.15, -0.1) is 11.3 Å². The molecule has 0 amide bonds. The zero-order chi connectivity index (χ0) is 14.9. The summed E-state index contributed by atoms with van der Waals surface area (Å²) in [5, 5.41) is 2.13. The minimum absolute atomic E-state index is 0.206. The van der Waals surface area contributed by atoms with Gasteiger partial charge in [0.2, 0.25) is 0 Å².